The summed E-state index contributed by atoms with van der Waals surface area (Å²) in [6, 6.07) is 5.65. The largest absolute Gasteiger partial charge is 0.755 e. The average molecular weight is 284 g/mol. The van der Waals surface area contributed by atoms with E-state index in [0.29, 0.717) is 5.69 Å². The number of benzene rings is 1. The van der Waals surface area contributed by atoms with Crippen LogP contribution in [0.3, 0.4) is 0 Å². The smallest absolute Gasteiger partial charge is 0.327 e. The lowest BCUT2D eigenvalue weighted by atomic mass is 10.0. The van der Waals surface area contributed by atoms with Gasteiger partial charge in [-0.3, -0.25) is 8.51 Å². The Kier molecular flexibility index (Phi) is 5.50. The van der Waals surface area contributed by atoms with Crippen LogP contribution in [0.1, 0.15) is 25.8 Å². The summed E-state index contributed by atoms with van der Waals surface area (Å²) < 4.78 is 23.7. The van der Waals surface area contributed by atoms with Crippen molar-refractivity contribution in [3.8, 4) is 0 Å². The Morgan fingerprint density at radius 2 is 1.89 bits per heavy atom. The van der Waals surface area contributed by atoms with Gasteiger partial charge in [-0.1, -0.05) is 31.5 Å². The van der Waals surface area contributed by atoms with Crippen molar-refractivity contribution in [1.82, 2.24) is 0 Å². The van der Waals surface area contributed by atoms with Crippen LogP contribution in [0.5, 0.6) is 0 Å². The van der Waals surface area contributed by atoms with Gasteiger partial charge in [-0.15, -0.1) is 0 Å². The molecule has 0 aromatic heterocycles. The molecule has 0 amide bonds. The Balaban J connectivity index is 3.13. The SMILES string of the molecule is Cc1ccc(N(C(CC(C)C)C(=O)O)S(=O)[O-])cc1. The van der Waals surface area contributed by atoms with Crippen molar-refractivity contribution in [2.45, 2.75) is 33.2 Å². The maximum Gasteiger partial charge on any atom is 0.327 e. The van der Waals surface area contributed by atoms with Gasteiger partial charge in [0.05, 0.1) is 0 Å². The van der Waals surface area contributed by atoms with Gasteiger partial charge in [0.25, 0.3) is 0 Å². The molecule has 1 aromatic rings. The summed E-state index contributed by atoms with van der Waals surface area (Å²) in [4.78, 5) is 11.3. The van der Waals surface area contributed by atoms with E-state index in [1.807, 2.05) is 20.8 Å². The number of carbonyl (C=O) groups is 1. The molecule has 0 bridgehead atoms. The van der Waals surface area contributed by atoms with E-state index < -0.39 is 23.3 Å². The molecule has 0 aliphatic carbocycles. The van der Waals surface area contributed by atoms with Crippen LogP contribution < -0.4 is 4.31 Å². The van der Waals surface area contributed by atoms with Crippen LogP contribution in [-0.4, -0.2) is 25.9 Å². The molecule has 5 nitrogen and oxygen atoms in total. The van der Waals surface area contributed by atoms with Gasteiger partial charge in [-0.2, -0.15) is 0 Å². The van der Waals surface area contributed by atoms with Crippen molar-refractivity contribution >= 4 is 22.9 Å². The molecule has 2 unspecified atom stereocenters. The van der Waals surface area contributed by atoms with Crippen molar-refractivity contribution in [2.75, 3.05) is 4.31 Å². The molecule has 0 saturated heterocycles. The van der Waals surface area contributed by atoms with Gasteiger partial charge in [0.15, 0.2) is 0 Å². The van der Waals surface area contributed by atoms with E-state index in [0.717, 1.165) is 9.87 Å². The Morgan fingerprint density at radius 1 is 1.37 bits per heavy atom. The zero-order valence-electron chi connectivity index (χ0n) is 11.2. The molecule has 0 aliphatic heterocycles. The first kappa shape index (κ1) is 15.7. The number of rotatable bonds is 6. The van der Waals surface area contributed by atoms with E-state index in [-0.39, 0.29) is 12.3 Å². The van der Waals surface area contributed by atoms with Crippen molar-refractivity contribution in [3.05, 3.63) is 29.8 Å². The molecule has 0 saturated carbocycles. The Labute approximate surface area is 115 Å². The number of aliphatic carboxylic acids is 1. The Morgan fingerprint density at radius 3 is 2.26 bits per heavy atom. The van der Waals surface area contributed by atoms with Gasteiger partial charge in [0, 0.05) is 17.0 Å². The zero-order chi connectivity index (χ0) is 14.6. The second-order valence-corrected chi connectivity index (χ2v) is 5.69. The molecule has 1 N–H and O–H groups in total. The number of hydrogen-bond donors (Lipinski definition) is 1. The summed E-state index contributed by atoms with van der Waals surface area (Å²) in [5, 5.41) is 9.24. The fourth-order valence-electron chi connectivity index (χ4n) is 1.80. The summed E-state index contributed by atoms with van der Waals surface area (Å²) in [7, 11) is 0. The predicted molar refractivity (Wildman–Crippen MR) is 73.5 cm³/mol. The van der Waals surface area contributed by atoms with Gasteiger partial charge < -0.3 is 9.66 Å². The van der Waals surface area contributed by atoms with E-state index in [2.05, 4.69) is 0 Å². The minimum Gasteiger partial charge on any atom is -0.755 e. The molecular weight excluding hydrogens is 266 g/mol. The van der Waals surface area contributed by atoms with Crippen LogP contribution in [0, 0.1) is 12.8 Å². The minimum absolute atomic E-state index is 0.0811. The predicted octanol–water partition coefficient (Wildman–Crippen LogP) is 2.09. The molecule has 19 heavy (non-hydrogen) atoms. The maximum absolute atomic E-state index is 11.4. The molecule has 1 aromatic carbocycles. The van der Waals surface area contributed by atoms with Crippen LogP contribution >= 0.6 is 0 Å². The molecule has 1 rings (SSSR count). The van der Waals surface area contributed by atoms with Gasteiger partial charge in [0.1, 0.15) is 6.04 Å². The standard InChI is InChI=1S/C13H19NO4S/c1-9(2)8-12(13(15)16)14(19(17)18)11-6-4-10(3)5-7-11/h4-7,9,12H,8H2,1-3H3,(H,15,16)(H,17,18)/p-1. The average Bonchev–Trinajstić information content (AvgIpc) is 2.29. The van der Waals surface area contributed by atoms with Crippen molar-refractivity contribution in [3.63, 3.8) is 0 Å². The molecule has 2 atom stereocenters. The monoisotopic (exact) mass is 284 g/mol. The highest BCUT2D eigenvalue weighted by atomic mass is 32.2. The molecular formula is C13H18NO4S-. The van der Waals surface area contributed by atoms with Crippen LogP contribution in [0.4, 0.5) is 5.69 Å². The van der Waals surface area contributed by atoms with Crippen molar-refractivity contribution in [2.24, 2.45) is 5.92 Å². The zero-order valence-corrected chi connectivity index (χ0v) is 12.0. The van der Waals surface area contributed by atoms with Crippen molar-refractivity contribution < 1.29 is 18.7 Å². The van der Waals surface area contributed by atoms with E-state index in [1.54, 1.807) is 24.3 Å². The number of carboxylic acid groups (broad SMARTS) is 1. The summed E-state index contributed by atoms with van der Waals surface area (Å²) in [6.45, 7) is 5.60. The molecule has 0 aliphatic rings. The normalized spacial score (nSPS) is 14.2. The summed E-state index contributed by atoms with van der Waals surface area (Å²) >= 11 is -2.63. The van der Waals surface area contributed by atoms with E-state index in [4.69, 9.17) is 0 Å². The van der Waals surface area contributed by atoms with Gasteiger partial charge in [-0.25, -0.2) is 4.79 Å². The number of anilines is 1. The van der Waals surface area contributed by atoms with Crippen LogP contribution in [0.2, 0.25) is 0 Å². The van der Waals surface area contributed by atoms with Crippen LogP contribution in [0.15, 0.2) is 24.3 Å². The van der Waals surface area contributed by atoms with Crippen molar-refractivity contribution in [1.29, 1.82) is 0 Å². The van der Waals surface area contributed by atoms with Gasteiger partial charge in [-0.05, 0) is 31.4 Å². The van der Waals surface area contributed by atoms with E-state index in [1.165, 1.54) is 0 Å². The highest BCUT2D eigenvalue weighted by Crippen LogP contribution is 2.23. The Hall–Kier alpha value is -1.40. The molecule has 0 fully saturated rings. The second-order valence-electron chi connectivity index (χ2n) is 4.86. The first-order valence-corrected chi connectivity index (χ1v) is 7.04. The summed E-state index contributed by atoms with van der Waals surface area (Å²) in [6.07, 6.45) is 0.261. The lowest BCUT2D eigenvalue weighted by Crippen LogP contribution is -2.43. The fourth-order valence-corrected chi connectivity index (χ4v) is 2.48. The van der Waals surface area contributed by atoms with Crippen LogP contribution in [-0.2, 0) is 16.1 Å². The third kappa shape index (κ3) is 4.33. The molecule has 106 valence electrons. The van der Waals surface area contributed by atoms with E-state index >= 15 is 0 Å². The minimum atomic E-state index is -2.63. The van der Waals surface area contributed by atoms with Gasteiger partial charge in [0.2, 0.25) is 0 Å². The molecule has 6 heteroatoms. The fraction of sp³-hybridized carbons (Fsp3) is 0.462. The van der Waals surface area contributed by atoms with Gasteiger partial charge >= 0.3 is 5.97 Å². The quantitative estimate of drug-likeness (QED) is 0.811. The lowest BCUT2D eigenvalue weighted by Gasteiger charge is -2.33. The first-order valence-electron chi connectivity index (χ1n) is 6.01. The maximum atomic E-state index is 11.4. The number of hydrogen-bond acceptors (Lipinski definition) is 3. The third-order valence-corrected chi connectivity index (χ3v) is 3.50. The molecule has 0 heterocycles. The highest BCUT2D eigenvalue weighted by molar-refractivity contribution is 7.80. The summed E-state index contributed by atoms with van der Waals surface area (Å²) in [5.74, 6) is -1.06. The number of nitrogens with zero attached hydrogens (tertiary/aromatic N) is 1. The Bertz CT molecular complexity index is 458. The first-order chi connectivity index (χ1) is 8.82. The third-order valence-electron chi connectivity index (χ3n) is 2.71. The highest BCUT2D eigenvalue weighted by Gasteiger charge is 2.27. The summed E-state index contributed by atoms with van der Waals surface area (Å²) in [5.41, 5.74) is 1.35. The number of aryl methyl sites for hydroxylation is 1. The second kappa shape index (κ2) is 6.68. The number of carboxylic acids is 1. The topological polar surface area (TPSA) is 80.7 Å². The molecule has 0 spiro atoms. The van der Waals surface area contributed by atoms with Crippen LogP contribution in [0.25, 0.3) is 0 Å². The molecule has 0 radical (unpaired) electrons. The lowest BCUT2D eigenvalue weighted by molar-refractivity contribution is -0.138. The van der Waals surface area contributed by atoms with E-state index in [9.17, 15) is 18.7 Å².